The number of hydrogen-bond donors (Lipinski definition) is 2. The van der Waals surface area contributed by atoms with E-state index in [0.717, 1.165) is 15.9 Å². The van der Waals surface area contributed by atoms with Crippen molar-refractivity contribution in [2.75, 3.05) is 11.9 Å². The second-order valence-electron chi connectivity index (χ2n) is 3.99. The molecule has 96 valence electrons. The van der Waals surface area contributed by atoms with Crippen molar-refractivity contribution in [2.45, 2.75) is 20.0 Å². The molecule has 0 amide bonds. The largest absolute Gasteiger partial charge is 0.394 e. The number of aliphatic hydroxyl groups is 1. The first-order valence-corrected chi connectivity index (χ1v) is 6.49. The van der Waals surface area contributed by atoms with E-state index in [1.807, 2.05) is 31.3 Å². The minimum absolute atomic E-state index is 0.0691. The highest BCUT2D eigenvalue weighted by molar-refractivity contribution is 9.10. The van der Waals surface area contributed by atoms with Gasteiger partial charge in [0.15, 0.2) is 0 Å². The van der Waals surface area contributed by atoms with E-state index in [4.69, 9.17) is 5.11 Å². The lowest BCUT2D eigenvalue weighted by molar-refractivity contribution is 0.268. The van der Waals surface area contributed by atoms with Gasteiger partial charge in [0, 0.05) is 10.2 Å². The van der Waals surface area contributed by atoms with Gasteiger partial charge in [-0.3, -0.25) is 0 Å². The van der Waals surface area contributed by atoms with Gasteiger partial charge in [0.05, 0.1) is 25.9 Å². The Morgan fingerprint density at radius 1 is 1.44 bits per heavy atom. The Labute approximate surface area is 114 Å². The first kappa shape index (κ1) is 13.0. The Bertz CT molecular complexity index is 527. The van der Waals surface area contributed by atoms with Gasteiger partial charge in [0.2, 0.25) is 0 Å². The molecule has 2 aromatic rings. The van der Waals surface area contributed by atoms with Gasteiger partial charge < -0.3 is 10.4 Å². The number of aliphatic hydroxyl groups excluding tert-OH is 1. The zero-order valence-corrected chi connectivity index (χ0v) is 11.7. The lowest BCUT2D eigenvalue weighted by Crippen LogP contribution is -2.02. The van der Waals surface area contributed by atoms with Crippen LogP contribution in [0, 0.1) is 6.92 Å². The first-order chi connectivity index (χ1) is 8.70. The van der Waals surface area contributed by atoms with Gasteiger partial charge in [-0.2, -0.15) is 0 Å². The summed E-state index contributed by atoms with van der Waals surface area (Å²) in [7, 11) is 0. The van der Waals surface area contributed by atoms with E-state index >= 15 is 0 Å². The van der Waals surface area contributed by atoms with Gasteiger partial charge in [0.1, 0.15) is 5.69 Å². The van der Waals surface area contributed by atoms with Crippen LogP contribution in [0.4, 0.5) is 5.69 Å². The highest BCUT2D eigenvalue weighted by atomic mass is 79.9. The molecule has 0 aliphatic carbocycles. The molecule has 1 heterocycles. The van der Waals surface area contributed by atoms with Crippen LogP contribution in [-0.4, -0.2) is 26.7 Å². The van der Waals surface area contributed by atoms with Crippen molar-refractivity contribution in [2.24, 2.45) is 0 Å². The number of nitrogens with one attached hydrogen (secondary N) is 1. The van der Waals surface area contributed by atoms with Crippen LogP contribution >= 0.6 is 15.9 Å². The van der Waals surface area contributed by atoms with Crippen LogP contribution in [0.2, 0.25) is 0 Å². The number of benzene rings is 1. The molecule has 2 rings (SSSR count). The molecule has 0 spiro atoms. The lowest BCUT2D eigenvalue weighted by atomic mass is 10.2. The molecule has 0 fully saturated rings. The van der Waals surface area contributed by atoms with E-state index < -0.39 is 0 Å². The van der Waals surface area contributed by atoms with Crippen molar-refractivity contribution < 1.29 is 5.11 Å². The third kappa shape index (κ3) is 3.08. The number of hydrogen-bond acceptors (Lipinski definition) is 4. The molecule has 1 aromatic heterocycles. The fourth-order valence-electron chi connectivity index (χ4n) is 1.60. The van der Waals surface area contributed by atoms with Crippen LogP contribution in [-0.2, 0) is 13.1 Å². The lowest BCUT2D eigenvalue weighted by Gasteiger charge is -2.08. The van der Waals surface area contributed by atoms with Crippen LogP contribution in [0.25, 0.3) is 0 Å². The first-order valence-electron chi connectivity index (χ1n) is 5.69. The van der Waals surface area contributed by atoms with Gasteiger partial charge in [0.25, 0.3) is 0 Å². The van der Waals surface area contributed by atoms with E-state index in [9.17, 15) is 0 Å². The van der Waals surface area contributed by atoms with E-state index in [1.54, 1.807) is 4.68 Å². The van der Waals surface area contributed by atoms with Crippen LogP contribution in [0.5, 0.6) is 0 Å². The molecule has 0 aliphatic rings. The highest BCUT2D eigenvalue weighted by Crippen LogP contribution is 2.25. The van der Waals surface area contributed by atoms with Gasteiger partial charge in [-0.25, -0.2) is 4.68 Å². The molecule has 0 saturated carbocycles. The third-order valence-corrected chi connectivity index (χ3v) is 3.62. The van der Waals surface area contributed by atoms with E-state index in [0.29, 0.717) is 13.1 Å². The predicted molar refractivity (Wildman–Crippen MR) is 73.3 cm³/mol. The summed E-state index contributed by atoms with van der Waals surface area (Å²) >= 11 is 3.55. The molecule has 2 N–H and O–H groups in total. The Morgan fingerprint density at radius 3 is 3.06 bits per heavy atom. The fraction of sp³-hybridized carbons (Fsp3) is 0.333. The maximum absolute atomic E-state index is 8.79. The molecule has 18 heavy (non-hydrogen) atoms. The van der Waals surface area contributed by atoms with E-state index in [2.05, 4.69) is 31.6 Å². The Hall–Kier alpha value is -1.40. The second-order valence-corrected chi connectivity index (χ2v) is 4.78. The summed E-state index contributed by atoms with van der Waals surface area (Å²) in [5.41, 5.74) is 3.06. The molecular weight excluding hydrogens is 296 g/mol. The van der Waals surface area contributed by atoms with Gasteiger partial charge in [-0.05, 0) is 34.5 Å². The van der Waals surface area contributed by atoms with Crippen molar-refractivity contribution in [1.29, 1.82) is 0 Å². The minimum Gasteiger partial charge on any atom is -0.394 e. The summed E-state index contributed by atoms with van der Waals surface area (Å²) in [4.78, 5) is 0. The van der Waals surface area contributed by atoms with Gasteiger partial charge in [-0.15, -0.1) is 5.10 Å². The zero-order chi connectivity index (χ0) is 13.0. The zero-order valence-electron chi connectivity index (χ0n) is 10.1. The molecule has 1 aromatic carbocycles. The minimum atomic E-state index is 0.0691. The number of nitrogens with zero attached hydrogens (tertiary/aromatic N) is 3. The van der Waals surface area contributed by atoms with Crippen molar-refractivity contribution in [3.63, 3.8) is 0 Å². The normalized spacial score (nSPS) is 10.6. The van der Waals surface area contributed by atoms with Crippen LogP contribution in [0.3, 0.4) is 0 Å². The maximum Gasteiger partial charge on any atom is 0.102 e. The Morgan fingerprint density at radius 2 is 2.28 bits per heavy atom. The van der Waals surface area contributed by atoms with Crippen LogP contribution in [0.15, 0.2) is 28.9 Å². The summed E-state index contributed by atoms with van der Waals surface area (Å²) in [5.74, 6) is 0. The smallest absolute Gasteiger partial charge is 0.102 e. The summed E-state index contributed by atoms with van der Waals surface area (Å²) in [6, 6.07) is 6.06. The van der Waals surface area contributed by atoms with Crippen LogP contribution in [0.1, 0.15) is 11.3 Å². The number of aryl methyl sites for hydroxylation is 1. The van der Waals surface area contributed by atoms with E-state index in [1.165, 1.54) is 5.56 Å². The predicted octanol–water partition coefficient (Wildman–Crippen LogP) is 1.95. The quantitative estimate of drug-likeness (QED) is 0.886. The van der Waals surface area contributed by atoms with Crippen molar-refractivity contribution >= 4 is 21.6 Å². The fourth-order valence-corrected chi connectivity index (χ4v) is 2.01. The molecule has 0 aliphatic heterocycles. The molecule has 0 bridgehead atoms. The SMILES string of the molecule is Cc1cccc(NCc2cn(CCO)nn2)c1Br. The summed E-state index contributed by atoms with van der Waals surface area (Å²) in [6.07, 6.45) is 1.83. The summed E-state index contributed by atoms with van der Waals surface area (Å²) < 4.78 is 2.69. The second kappa shape index (κ2) is 5.97. The molecule has 6 heteroatoms. The van der Waals surface area contributed by atoms with Crippen molar-refractivity contribution in [1.82, 2.24) is 15.0 Å². The van der Waals surface area contributed by atoms with Crippen molar-refractivity contribution in [3.8, 4) is 0 Å². The van der Waals surface area contributed by atoms with Gasteiger partial charge >= 0.3 is 0 Å². The molecule has 0 unspecified atom stereocenters. The van der Waals surface area contributed by atoms with Crippen molar-refractivity contribution in [3.05, 3.63) is 40.1 Å². The number of rotatable bonds is 5. The summed E-state index contributed by atoms with van der Waals surface area (Å²) in [5, 5.41) is 20.0. The van der Waals surface area contributed by atoms with Crippen LogP contribution < -0.4 is 5.32 Å². The monoisotopic (exact) mass is 310 g/mol. The molecule has 0 atom stereocenters. The molecule has 0 radical (unpaired) electrons. The highest BCUT2D eigenvalue weighted by Gasteiger charge is 2.04. The van der Waals surface area contributed by atoms with Gasteiger partial charge in [-0.1, -0.05) is 17.3 Å². The third-order valence-electron chi connectivity index (χ3n) is 2.57. The number of aromatic nitrogens is 3. The maximum atomic E-state index is 8.79. The molecule has 0 saturated heterocycles. The topological polar surface area (TPSA) is 63.0 Å². The Kier molecular flexibility index (Phi) is 4.33. The molecule has 5 nitrogen and oxygen atoms in total. The number of halogens is 1. The summed E-state index contributed by atoms with van der Waals surface area (Å²) in [6.45, 7) is 3.20. The van der Waals surface area contributed by atoms with E-state index in [-0.39, 0.29) is 6.61 Å². The number of anilines is 1. The standard InChI is InChI=1S/C12H15BrN4O/c1-9-3-2-4-11(12(9)13)14-7-10-8-17(5-6-18)16-15-10/h2-4,8,14,18H,5-7H2,1H3. The average Bonchev–Trinajstić information content (AvgIpc) is 2.79. The average molecular weight is 311 g/mol. The molecular formula is C12H15BrN4O. The Balaban J connectivity index is 2.00.